The molecule has 2 atom stereocenters. The molecule has 1 fully saturated rings. The Morgan fingerprint density at radius 1 is 1.23 bits per heavy atom. The topological polar surface area (TPSA) is 53.7 Å². The van der Waals surface area contributed by atoms with E-state index in [-0.39, 0.29) is 9.12 Å². The maximum atomic E-state index is 7.42. The largest absolute Gasteiger partial charge is 0.467 e. The van der Waals surface area contributed by atoms with Crippen LogP contribution in [0.3, 0.4) is 0 Å². The summed E-state index contributed by atoms with van der Waals surface area (Å²) in [5.41, 5.74) is 0.336. The van der Waals surface area contributed by atoms with Crippen molar-refractivity contribution in [2.45, 2.75) is 75.8 Å². The number of allylic oxidation sites excluding steroid dienone is 2. The van der Waals surface area contributed by atoms with Crippen LogP contribution in [0.4, 0.5) is 0 Å². The number of hydrogen-bond donors (Lipinski definition) is 0. The summed E-state index contributed by atoms with van der Waals surface area (Å²) in [5.74, 6) is 10.1. The van der Waals surface area contributed by atoms with E-state index in [9.17, 15) is 0 Å². The number of nitrogens with zero attached hydrogens (tertiary/aromatic N) is 1. The van der Waals surface area contributed by atoms with Gasteiger partial charge in [-0.1, -0.05) is 44.8 Å². The van der Waals surface area contributed by atoms with Gasteiger partial charge in [0.15, 0.2) is 8.32 Å². The van der Waals surface area contributed by atoms with E-state index in [0.717, 1.165) is 29.2 Å². The highest BCUT2D eigenvalue weighted by molar-refractivity contribution is 8.21. The van der Waals surface area contributed by atoms with E-state index in [1.807, 2.05) is 37.4 Å². The van der Waals surface area contributed by atoms with Crippen LogP contribution < -0.4 is 4.74 Å². The normalized spacial score (nSPS) is 23.9. The molecule has 35 heavy (non-hydrogen) atoms. The molecule has 0 saturated carbocycles. The maximum absolute atomic E-state index is 7.42. The number of thioether (sulfide) groups is 2. The van der Waals surface area contributed by atoms with E-state index in [4.69, 9.17) is 23.3 Å². The van der Waals surface area contributed by atoms with Gasteiger partial charge < -0.3 is 18.3 Å². The van der Waals surface area contributed by atoms with Crippen LogP contribution in [0.5, 0.6) is 5.95 Å². The van der Waals surface area contributed by atoms with Gasteiger partial charge in [0.05, 0.1) is 16.6 Å². The van der Waals surface area contributed by atoms with Crippen molar-refractivity contribution >= 4 is 37.4 Å². The molecule has 0 aromatic carbocycles. The summed E-state index contributed by atoms with van der Waals surface area (Å²) in [6, 6.07) is 0. The SMILES string of the molecule is C/C=C\[C@@](C#CCOC)(O[Si](C)(C)C(C)(C)C)[C@@]1(C)C(c2nc(C)c(OC)o2)=CCC12SCCS2. The lowest BCUT2D eigenvalue weighted by molar-refractivity contribution is 0.0596. The first-order valence-corrected chi connectivity index (χ1v) is 17.0. The molecule has 194 valence electrons. The fourth-order valence-corrected chi connectivity index (χ4v) is 9.80. The first-order valence-electron chi connectivity index (χ1n) is 12.2. The number of oxazole rings is 1. The summed E-state index contributed by atoms with van der Waals surface area (Å²) in [6.07, 6.45) is 7.43. The Bertz CT molecular complexity index is 1040. The number of hydrogen-bond acceptors (Lipinski definition) is 7. The average molecular weight is 536 g/mol. The third-order valence-electron chi connectivity index (χ3n) is 7.66. The summed E-state index contributed by atoms with van der Waals surface area (Å²) in [7, 11) is 1.01. The molecule has 1 spiro atoms. The second-order valence-electron chi connectivity index (χ2n) is 10.8. The quantitative estimate of drug-likeness (QED) is 0.213. The summed E-state index contributed by atoms with van der Waals surface area (Å²) in [5, 5.41) is 0.00742. The van der Waals surface area contributed by atoms with Crippen LogP contribution in [0.1, 0.15) is 52.6 Å². The molecule has 2 aliphatic rings. The van der Waals surface area contributed by atoms with Crippen LogP contribution in [0, 0.1) is 24.2 Å². The van der Waals surface area contributed by atoms with Crippen LogP contribution >= 0.6 is 23.5 Å². The smallest absolute Gasteiger partial charge is 0.308 e. The molecule has 1 saturated heterocycles. The second-order valence-corrected chi connectivity index (χ2v) is 18.6. The molecule has 0 amide bonds. The Morgan fingerprint density at radius 3 is 2.40 bits per heavy atom. The number of ether oxygens (including phenoxy) is 2. The van der Waals surface area contributed by atoms with Gasteiger partial charge >= 0.3 is 5.95 Å². The number of rotatable bonds is 7. The molecule has 0 unspecified atom stereocenters. The van der Waals surface area contributed by atoms with Gasteiger partial charge in [-0.05, 0) is 51.4 Å². The Kier molecular flexibility index (Phi) is 8.40. The molecule has 0 radical (unpaired) electrons. The summed E-state index contributed by atoms with van der Waals surface area (Å²) in [4.78, 5) is 4.81. The summed E-state index contributed by atoms with van der Waals surface area (Å²) >= 11 is 4.03. The number of aromatic nitrogens is 1. The lowest BCUT2D eigenvalue weighted by atomic mass is 9.67. The fraction of sp³-hybridized carbons (Fsp3) is 0.667. The molecule has 3 rings (SSSR count). The monoisotopic (exact) mass is 535 g/mol. The highest BCUT2D eigenvalue weighted by Crippen LogP contribution is 2.70. The van der Waals surface area contributed by atoms with Crippen molar-refractivity contribution < 1.29 is 18.3 Å². The van der Waals surface area contributed by atoms with Crippen LogP contribution in [0.15, 0.2) is 22.6 Å². The average Bonchev–Trinajstić information content (AvgIpc) is 3.47. The van der Waals surface area contributed by atoms with Crippen LogP contribution in [0.2, 0.25) is 18.1 Å². The number of methoxy groups -OCH3 is 2. The van der Waals surface area contributed by atoms with E-state index in [0.29, 0.717) is 18.4 Å². The van der Waals surface area contributed by atoms with Gasteiger partial charge in [-0.15, -0.1) is 23.5 Å². The predicted octanol–water partition coefficient (Wildman–Crippen LogP) is 6.95. The standard InChI is InChI=1S/C27H41NO4S2Si/c1-11-14-26(15-12-17-29-7,32-35(9,10)24(3,4)5)25(6)21(13-16-27(25)33-18-19-34-27)22-28-20(2)23(30-8)31-22/h11,13-14H,16-19H2,1-10H3/b14-11-/t25-,26+/m1/s1. The third-order valence-corrected chi connectivity index (χ3v) is 16.0. The molecule has 0 bridgehead atoms. The molecular formula is C27H41NO4S2Si. The van der Waals surface area contributed by atoms with E-state index in [1.54, 1.807) is 14.2 Å². The fourth-order valence-electron chi connectivity index (χ4n) is 4.71. The van der Waals surface area contributed by atoms with Gasteiger partial charge in [0.25, 0.3) is 0 Å². The van der Waals surface area contributed by atoms with Crippen molar-refractivity contribution in [3.05, 3.63) is 29.8 Å². The zero-order valence-electron chi connectivity index (χ0n) is 23.0. The van der Waals surface area contributed by atoms with Gasteiger partial charge in [-0.2, -0.15) is 0 Å². The molecular weight excluding hydrogens is 495 g/mol. The van der Waals surface area contributed by atoms with Gasteiger partial charge in [0.2, 0.25) is 5.89 Å². The molecule has 5 nitrogen and oxygen atoms in total. The summed E-state index contributed by atoms with van der Waals surface area (Å²) in [6.45, 7) is 18.0. The zero-order valence-corrected chi connectivity index (χ0v) is 25.6. The first-order chi connectivity index (χ1) is 16.3. The highest BCUT2D eigenvalue weighted by Gasteiger charge is 2.68. The Balaban J connectivity index is 2.34. The minimum absolute atomic E-state index is 0.00742. The van der Waals surface area contributed by atoms with Gasteiger partial charge in [-0.3, -0.25) is 0 Å². The van der Waals surface area contributed by atoms with Crippen molar-refractivity contribution in [3.8, 4) is 17.8 Å². The molecule has 0 N–H and O–H groups in total. The van der Waals surface area contributed by atoms with Crippen molar-refractivity contribution in [3.63, 3.8) is 0 Å². The van der Waals surface area contributed by atoms with E-state index in [1.165, 1.54) is 0 Å². The summed E-state index contributed by atoms with van der Waals surface area (Å²) < 4.78 is 24.3. The van der Waals surface area contributed by atoms with Crippen molar-refractivity contribution in [2.24, 2.45) is 5.41 Å². The Morgan fingerprint density at radius 2 is 1.89 bits per heavy atom. The van der Waals surface area contributed by atoms with Crippen molar-refractivity contribution in [1.29, 1.82) is 0 Å². The zero-order chi connectivity index (χ0) is 26.1. The van der Waals surface area contributed by atoms with E-state index in [2.05, 4.69) is 70.9 Å². The maximum Gasteiger partial charge on any atom is 0.308 e. The molecule has 2 heterocycles. The minimum atomic E-state index is -2.28. The highest BCUT2D eigenvalue weighted by atomic mass is 32.2. The van der Waals surface area contributed by atoms with E-state index < -0.39 is 19.3 Å². The molecule has 1 aliphatic heterocycles. The Hall–Kier alpha value is -1.11. The van der Waals surface area contributed by atoms with Crippen LogP contribution in [-0.4, -0.2) is 55.3 Å². The Labute approximate surface area is 221 Å². The van der Waals surface area contributed by atoms with Crippen molar-refractivity contribution in [2.75, 3.05) is 32.3 Å². The molecule has 1 aromatic heterocycles. The minimum Gasteiger partial charge on any atom is -0.467 e. The lowest BCUT2D eigenvalue weighted by Crippen LogP contribution is -2.60. The molecule has 8 heteroatoms. The number of aryl methyl sites for hydroxylation is 1. The van der Waals surface area contributed by atoms with E-state index >= 15 is 0 Å². The lowest BCUT2D eigenvalue weighted by Gasteiger charge is -2.54. The van der Waals surface area contributed by atoms with Gasteiger partial charge in [0.1, 0.15) is 17.9 Å². The first kappa shape index (κ1) is 28.5. The predicted molar refractivity (Wildman–Crippen MR) is 152 cm³/mol. The van der Waals surface area contributed by atoms with Crippen molar-refractivity contribution in [1.82, 2.24) is 4.98 Å². The van der Waals surface area contributed by atoms with Gasteiger partial charge in [-0.25, -0.2) is 4.98 Å². The van der Waals surface area contributed by atoms with Gasteiger partial charge in [0, 0.05) is 24.2 Å². The van der Waals surface area contributed by atoms with Crippen LogP contribution in [-0.2, 0) is 9.16 Å². The molecule has 1 aromatic rings. The second kappa shape index (κ2) is 10.3. The molecule has 1 aliphatic carbocycles. The van der Waals surface area contributed by atoms with Crippen LogP contribution in [0.25, 0.3) is 5.57 Å². The third kappa shape index (κ3) is 4.80.